The van der Waals surface area contributed by atoms with Crippen LogP contribution in [0.15, 0.2) is 0 Å². The first-order chi connectivity index (χ1) is 7.26. The fourth-order valence-corrected chi connectivity index (χ4v) is 3.22. The largest absolute Gasteiger partial charge is 0.466 e. The molecular formula is C12H20O3. The quantitative estimate of drug-likeness (QED) is 0.672. The van der Waals surface area contributed by atoms with Gasteiger partial charge in [0.2, 0.25) is 0 Å². The van der Waals surface area contributed by atoms with Crippen molar-refractivity contribution in [3.8, 4) is 0 Å². The van der Waals surface area contributed by atoms with Crippen LogP contribution in [-0.2, 0) is 14.3 Å². The van der Waals surface area contributed by atoms with Crippen molar-refractivity contribution in [2.75, 3.05) is 13.7 Å². The number of carbonyl (C=O) groups excluding carboxylic acids is 1. The van der Waals surface area contributed by atoms with E-state index in [1.165, 1.54) is 19.3 Å². The molecule has 2 saturated carbocycles. The van der Waals surface area contributed by atoms with Gasteiger partial charge in [-0.3, -0.25) is 4.79 Å². The van der Waals surface area contributed by atoms with Crippen LogP contribution in [0.5, 0.6) is 0 Å². The molecule has 2 aliphatic rings. The van der Waals surface area contributed by atoms with Gasteiger partial charge in [0, 0.05) is 12.5 Å². The van der Waals surface area contributed by atoms with Crippen molar-refractivity contribution in [2.45, 2.75) is 45.1 Å². The van der Waals surface area contributed by atoms with Crippen molar-refractivity contribution in [3.63, 3.8) is 0 Å². The summed E-state index contributed by atoms with van der Waals surface area (Å²) >= 11 is 0. The molecule has 0 N–H and O–H groups in total. The SMILES string of the molecule is CCOC(=O)C1C(OC)C12CCCCC2. The lowest BCUT2D eigenvalue weighted by atomic mass is 9.84. The second kappa shape index (κ2) is 4.12. The number of esters is 1. The summed E-state index contributed by atoms with van der Waals surface area (Å²) in [6.45, 7) is 2.33. The molecule has 15 heavy (non-hydrogen) atoms. The second-order valence-electron chi connectivity index (χ2n) is 4.68. The summed E-state index contributed by atoms with van der Waals surface area (Å²) in [7, 11) is 1.71. The topological polar surface area (TPSA) is 35.5 Å². The molecule has 0 aromatic rings. The van der Waals surface area contributed by atoms with Crippen molar-refractivity contribution in [3.05, 3.63) is 0 Å². The Bertz CT molecular complexity index is 243. The minimum absolute atomic E-state index is 0.0164. The minimum Gasteiger partial charge on any atom is -0.466 e. The van der Waals surface area contributed by atoms with Gasteiger partial charge < -0.3 is 9.47 Å². The van der Waals surface area contributed by atoms with E-state index in [0.717, 1.165) is 12.8 Å². The van der Waals surface area contributed by atoms with E-state index in [0.29, 0.717) is 6.61 Å². The molecule has 2 rings (SSSR count). The van der Waals surface area contributed by atoms with Gasteiger partial charge in [0.15, 0.2) is 0 Å². The molecule has 86 valence electrons. The Morgan fingerprint density at radius 3 is 2.53 bits per heavy atom. The zero-order valence-electron chi connectivity index (χ0n) is 9.62. The highest BCUT2D eigenvalue weighted by Gasteiger charge is 2.69. The molecule has 0 bridgehead atoms. The van der Waals surface area contributed by atoms with Crippen molar-refractivity contribution in [1.82, 2.24) is 0 Å². The average Bonchev–Trinajstić information content (AvgIpc) is 2.86. The maximum absolute atomic E-state index is 11.7. The zero-order chi connectivity index (χ0) is 10.9. The summed E-state index contributed by atoms with van der Waals surface area (Å²) in [6.07, 6.45) is 6.15. The Labute approximate surface area is 91.1 Å². The molecule has 2 unspecified atom stereocenters. The molecule has 0 radical (unpaired) electrons. The van der Waals surface area contributed by atoms with Gasteiger partial charge in [-0.1, -0.05) is 19.3 Å². The maximum Gasteiger partial charge on any atom is 0.312 e. The average molecular weight is 212 g/mol. The fourth-order valence-electron chi connectivity index (χ4n) is 3.22. The van der Waals surface area contributed by atoms with E-state index in [2.05, 4.69) is 0 Å². The lowest BCUT2D eigenvalue weighted by Gasteiger charge is -2.22. The molecule has 2 fully saturated rings. The van der Waals surface area contributed by atoms with E-state index < -0.39 is 0 Å². The number of hydrogen-bond donors (Lipinski definition) is 0. The van der Waals surface area contributed by atoms with Crippen molar-refractivity contribution in [2.24, 2.45) is 11.3 Å². The molecule has 3 heteroatoms. The highest BCUT2D eigenvalue weighted by atomic mass is 16.5. The van der Waals surface area contributed by atoms with Crippen LogP contribution in [0.1, 0.15) is 39.0 Å². The van der Waals surface area contributed by atoms with Crippen LogP contribution in [0.2, 0.25) is 0 Å². The Morgan fingerprint density at radius 1 is 1.33 bits per heavy atom. The number of hydrogen-bond acceptors (Lipinski definition) is 3. The molecule has 1 spiro atoms. The summed E-state index contributed by atoms with van der Waals surface area (Å²) in [4.78, 5) is 11.7. The van der Waals surface area contributed by atoms with Crippen molar-refractivity contribution in [1.29, 1.82) is 0 Å². The van der Waals surface area contributed by atoms with Gasteiger partial charge in [0.1, 0.15) is 0 Å². The Kier molecular flexibility index (Phi) is 3.01. The van der Waals surface area contributed by atoms with Gasteiger partial charge in [0.25, 0.3) is 0 Å². The van der Waals surface area contributed by atoms with Crippen LogP contribution < -0.4 is 0 Å². The lowest BCUT2D eigenvalue weighted by molar-refractivity contribution is -0.146. The van der Waals surface area contributed by atoms with E-state index in [-0.39, 0.29) is 23.4 Å². The standard InChI is InChI=1S/C12H20O3/c1-3-15-11(13)9-10(14-2)12(9)7-5-4-6-8-12/h9-10H,3-8H2,1-2H3. The minimum atomic E-state index is -0.0498. The highest BCUT2D eigenvalue weighted by molar-refractivity contribution is 5.78. The summed E-state index contributed by atoms with van der Waals surface area (Å²) < 4.78 is 10.5. The molecule has 2 aliphatic carbocycles. The Hall–Kier alpha value is -0.570. The first-order valence-corrected chi connectivity index (χ1v) is 5.95. The summed E-state index contributed by atoms with van der Waals surface area (Å²) in [5.41, 5.74) is 0.138. The lowest BCUT2D eigenvalue weighted by Crippen LogP contribution is -2.16. The van der Waals surface area contributed by atoms with Crippen LogP contribution >= 0.6 is 0 Å². The third-order valence-electron chi connectivity index (χ3n) is 3.96. The van der Waals surface area contributed by atoms with Crippen LogP contribution in [0.25, 0.3) is 0 Å². The van der Waals surface area contributed by atoms with E-state index in [1.54, 1.807) is 7.11 Å². The van der Waals surface area contributed by atoms with Crippen LogP contribution in [0.3, 0.4) is 0 Å². The predicted octanol–water partition coefficient (Wildman–Crippen LogP) is 2.14. The smallest absolute Gasteiger partial charge is 0.312 e. The number of carbonyl (C=O) groups is 1. The summed E-state index contributed by atoms with van der Waals surface area (Å²) in [5.74, 6) is -0.0333. The summed E-state index contributed by atoms with van der Waals surface area (Å²) in [6, 6.07) is 0. The predicted molar refractivity (Wildman–Crippen MR) is 56.4 cm³/mol. The molecule has 0 amide bonds. The number of rotatable bonds is 3. The summed E-state index contributed by atoms with van der Waals surface area (Å²) in [5, 5.41) is 0. The normalized spacial score (nSPS) is 32.7. The van der Waals surface area contributed by atoms with Gasteiger partial charge in [-0.05, 0) is 19.8 Å². The van der Waals surface area contributed by atoms with Gasteiger partial charge >= 0.3 is 5.97 Å². The van der Waals surface area contributed by atoms with Crippen LogP contribution in [0, 0.1) is 11.3 Å². The molecule has 0 saturated heterocycles. The fraction of sp³-hybridized carbons (Fsp3) is 0.917. The molecule has 0 aromatic heterocycles. The van der Waals surface area contributed by atoms with Gasteiger partial charge in [-0.15, -0.1) is 0 Å². The molecular weight excluding hydrogens is 192 g/mol. The first-order valence-electron chi connectivity index (χ1n) is 5.95. The van der Waals surface area contributed by atoms with Crippen LogP contribution in [-0.4, -0.2) is 25.8 Å². The number of methoxy groups -OCH3 is 1. The molecule has 2 atom stereocenters. The first kappa shape index (κ1) is 10.9. The molecule has 0 aromatic carbocycles. The van der Waals surface area contributed by atoms with Gasteiger partial charge in [0.05, 0.1) is 18.6 Å². The number of ether oxygens (including phenoxy) is 2. The van der Waals surface area contributed by atoms with Crippen molar-refractivity contribution < 1.29 is 14.3 Å². The Balaban J connectivity index is 2.03. The second-order valence-corrected chi connectivity index (χ2v) is 4.68. The maximum atomic E-state index is 11.7. The van der Waals surface area contributed by atoms with Gasteiger partial charge in [-0.2, -0.15) is 0 Å². The van der Waals surface area contributed by atoms with E-state index in [1.807, 2.05) is 6.92 Å². The van der Waals surface area contributed by atoms with Gasteiger partial charge in [-0.25, -0.2) is 0 Å². The van der Waals surface area contributed by atoms with E-state index in [4.69, 9.17) is 9.47 Å². The molecule has 0 heterocycles. The Morgan fingerprint density at radius 2 is 2.00 bits per heavy atom. The third kappa shape index (κ3) is 1.67. The molecule has 3 nitrogen and oxygen atoms in total. The zero-order valence-corrected chi connectivity index (χ0v) is 9.62. The van der Waals surface area contributed by atoms with Crippen molar-refractivity contribution >= 4 is 5.97 Å². The monoisotopic (exact) mass is 212 g/mol. The van der Waals surface area contributed by atoms with E-state index >= 15 is 0 Å². The molecule has 0 aliphatic heterocycles. The van der Waals surface area contributed by atoms with Crippen LogP contribution in [0.4, 0.5) is 0 Å². The van der Waals surface area contributed by atoms with E-state index in [9.17, 15) is 4.79 Å². The third-order valence-corrected chi connectivity index (χ3v) is 3.96. The highest BCUT2D eigenvalue weighted by Crippen LogP contribution is 2.63.